The van der Waals surface area contributed by atoms with Crippen LogP contribution in [0.1, 0.15) is 25.0 Å². The Balaban J connectivity index is 2.51. The summed E-state index contributed by atoms with van der Waals surface area (Å²) >= 11 is 0. The molecule has 0 spiro atoms. The lowest BCUT2D eigenvalue weighted by atomic mass is 9.98. The zero-order valence-electron chi connectivity index (χ0n) is 10.8. The van der Waals surface area contributed by atoms with Crippen LogP contribution in [0.2, 0.25) is 0 Å². The van der Waals surface area contributed by atoms with E-state index in [1.54, 1.807) is 18.2 Å². The minimum atomic E-state index is 0.287. The highest BCUT2D eigenvalue weighted by Gasteiger charge is 2.05. The molecule has 0 saturated carbocycles. The van der Waals surface area contributed by atoms with Crippen molar-refractivity contribution in [3.8, 4) is 22.6 Å². The number of aromatic hydroxyl groups is 2. The third-order valence-corrected chi connectivity index (χ3v) is 3.18. The van der Waals surface area contributed by atoms with Gasteiger partial charge in [-0.1, -0.05) is 26.0 Å². The second kappa shape index (κ2) is 5.13. The van der Waals surface area contributed by atoms with Crippen molar-refractivity contribution in [3.63, 3.8) is 0 Å². The highest BCUT2D eigenvalue weighted by atomic mass is 16.3. The molecule has 0 heterocycles. The zero-order chi connectivity index (χ0) is 13.1. The monoisotopic (exact) mass is 242 g/mol. The van der Waals surface area contributed by atoms with Crippen molar-refractivity contribution in [2.45, 2.75) is 26.7 Å². The molecule has 0 saturated heterocycles. The predicted molar refractivity (Wildman–Crippen MR) is 74.0 cm³/mol. The van der Waals surface area contributed by atoms with Crippen LogP contribution in [0.15, 0.2) is 36.4 Å². The van der Waals surface area contributed by atoms with Crippen molar-refractivity contribution in [1.82, 2.24) is 0 Å². The van der Waals surface area contributed by atoms with Crippen molar-refractivity contribution in [1.29, 1.82) is 0 Å². The van der Waals surface area contributed by atoms with Crippen molar-refractivity contribution in [3.05, 3.63) is 47.5 Å². The van der Waals surface area contributed by atoms with E-state index in [2.05, 4.69) is 13.0 Å². The van der Waals surface area contributed by atoms with Crippen LogP contribution in [0, 0.1) is 0 Å². The quantitative estimate of drug-likeness (QED) is 0.857. The minimum Gasteiger partial charge on any atom is -0.508 e. The molecule has 0 radical (unpaired) electrons. The molecule has 18 heavy (non-hydrogen) atoms. The molecule has 0 amide bonds. The lowest BCUT2D eigenvalue weighted by molar-refractivity contribution is 0.469. The fourth-order valence-corrected chi connectivity index (χ4v) is 2.09. The lowest BCUT2D eigenvalue weighted by Gasteiger charge is -2.08. The summed E-state index contributed by atoms with van der Waals surface area (Å²) in [4.78, 5) is 0. The molecule has 2 nitrogen and oxygen atoms in total. The first-order valence-electron chi connectivity index (χ1n) is 6.29. The van der Waals surface area contributed by atoms with Crippen molar-refractivity contribution in [2.75, 3.05) is 0 Å². The molecule has 0 fully saturated rings. The van der Waals surface area contributed by atoms with Gasteiger partial charge in [0.2, 0.25) is 0 Å². The first-order chi connectivity index (χ1) is 8.63. The normalized spacial score (nSPS) is 10.6. The number of hydrogen-bond acceptors (Lipinski definition) is 2. The van der Waals surface area contributed by atoms with Gasteiger partial charge in [-0.25, -0.2) is 0 Å². The van der Waals surface area contributed by atoms with Gasteiger partial charge < -0.3 is 10.2 Å². The molecule has 2 heteroatoms. The smallest absolute Gasteiger partial charge is 0.118 e. The maximum atomic E-state index is 9.72. The molecule has 2 N–H and O–H groups in total. The summed E-state index contributed by atoms with van der Waals surface area (Å²) in [5.74, 6) is 0.618. The molecular weight excluding hydrogens is 224 g/mol. The Kier molecular flexibility index (Phi) is 3.56. The SMILES string of the molecule is CCc1cc(O)cc(-c2ccc(O)c(CC)c2)c1. The van der Waals surface area contributed by atoms with E-state index in [4.69, 9.17) is 0 Å². The third-order valence-electron chi connectivity index (χ3n) is 3.18. The fourth-order valence-electron chi connectivity index (χ4n) is 2.09. The van der Waals surface area contributed by atoms with Crippen LogP contribution in [0.4, 0.5) is 0 Å². The van der Waals surface area contributed by atoms with E-state index in [9.17, 15) is 10.2 Å². The Morgan fingerprint density at radius 3 is 2.28 bits per heavy atom. The zero-order valence-corrected chi connectivity index (χ0v) is 10.8. The number of benzene rings is 2. The first-order valence-corrected chi connectivity index (χ1v) is 6.29. The van der Waals surface area contributed by atoms with Crippen LogP contribution in [-0.2, 0) is 12.8 Å². The molecule has 2 aromatic carbocycles. The van der Waals surface area contributed by atoms with E-state index in [-0.39, 0.29) is 5.75 Å². The van der Waals surface area contributed by atoms with Gasteiger partial charge in [-0.3, -0.25) is 0 Å². The largest absolute Gasteiger partial charge is 0.508 e. The maximum absolute atomic E-state index is 9.72. The summed E-state index contributed by atoms with van der Waals surface area (Å²) in [5, 5.41) is 19.4. The van der Waals surface area contributed by atoms with E-state index in [0.29, 0.717) is 5.75 Å². The topological polar surface area (TPSA) is 40.5 Å². The van der Waals surface area contributed by atoms with Gasteiger partial charge in [-0.2, -0.15) is 0 Å². The van der Waals surface area contributed by atoms with Crippen LogP contribution in [-0.4, -0.2) is 10.2 Å². The number of rotatable bonds is 3. The van der Waals surface area contributed by atoms with Crippen LogP contribution in [0.25, 0.3) is 11.1 Å². The van der Waals surface area contributed by atoms with E-state index < -0.39 is 0 Å². The van der Waals surface area contributed by atoms with E-state index in [1.807, 2.05) is 19.1 Å². The number of aryl methyl sites for hydroxylation is 2. The van der Waals surface area contributed by atoms with Gasteiger partial charge in [-0.15, -0.1) is 0 Å². The number of hydrogen-bond donors (Lipinski definition) is 2. The second-order valence-electron chi connectivity index (χ2n) is 4.44. The molecule has 0 aliphatic heterocycles. The van der Waals surface area contributed by atoms with Crippen LogP contribution < -0.4 is 0 Å². The Bertz CT molecular complexity index is 559. The standard InChI is InChI=1S/C16H18O2/c1-3-11-7-14(10-15(17)8-11)13-5-6-16(18)12(4-2)9-13/h5-10,17-18H,3-4H2,1-2H3. The van der Waals surface area contributed by atoms with Gasteiger partial charge in [0.15, 0.2) is 0 Å². The molecule has 0 unspecified atom stereocenters. The summed E-state index contributed by atoms with van der Waals surface area (Å²) < 4.78 is 0. The van der Waals surface area contributed by atoms with Gasteiger partial charge >= 0.3 is 0 Å². The molecule has 2 aromatic rings. The van der Waals surface area contributed by atoms with Gasteiger partial charge in [0.25, 0.3) is 0 Å². The average molecular weight is 242 g/mol. The summed E-state index contributed by atoms with van der Waals surface area (Å²) in [6.07, 6.45) is 1.68. The van der Waals surface area contributed by atoms with Gasteiger partial charge in [0.1, 0.15) is 11.5 Å². The maximum Gasteiger partial charge on any atom is 0.118 e. The van der Waals surface area contributed by atoms with E-state index in [1.165, 1.54) is 0 Å². The molecule has 94 valence electrons. The van der Waals surface area contributed by atoms with Gasteiger partial charge in [-0.05, 0) is 59.4 Å². The van der Waals surface area contributed by atoms with Crippen LogP contribution in [0.5, 0.6) is 11.5 Å². The highest BCUT2D eigenvalue weighted by Crippen LogP contribution is 2.29. The fraction of sp³-hybridized carbons (Fsp3) is 0.250. The van der Waals surface area contributed by atoms with Crippen molar-refractivity contribution < 1.29 is 10.2 Å². The van der Waals surface area contributed by atoms with Crippen LogP contribution >= 0.6 is 0 Å². The molecule has 0 atom stereocenters. The van der Waals surface area contributed by atoms with Gasteiger partial charge in [0.05, 0.1) is 0 Å². The Morgan fingerprint density at radius 2 is 1.61 bits per heavy atom. The molecule has 0 aromatic heterocycles. The molecule has 0 bridgehead atoms. The Hall–Kier alpha value is -1.96. The number of phenols is 2. The molecule has 0 aliphatic carbocycles. The van der Waals surface area contributed by atoms with E-state index in [0.717, 1.165) is 35.1 Å². The van der Waals surface area contributed by atoms with Crippen LogP contribution in [0.3, 0.4) is 0 Å². The average Bonchev–Trinajstić information content (AvgIpc) is 2.38. The number of phenolic OH excluding ortho intramolecular Hbond substituents is 2. The van der Waals surface area contributed by atoms with Gasteiger partial charge in [0, 0.05) is 0 Å². The summed E-state index contributed by atoms with van der Waals surface area (Å²) in [6, 6.07) is 11.2. The summed E-state index contributed by atoms with van der Waals surface area (Å²) in [5.41, 5.74) is 4.04. The molecule has 2 rings (SSSR count). The molecule has 0 aliphatic rings. The van der Waals surface area contributed by atoms with Crippen molar-refractivity contribution in [2.24, 2.45) is 0 Å². The summed E-state index contributed by atoms with van der Waals surface area (Å²) in [7, 11) is 0. The second-order valence-corrected chi connectivity index (χ2v) is 4.44. The third kappa shape index (κ3) is 2.48. The lowest BCUT2D eigenvalue weighted by Crippen LogP contribution is -1.87. The summed E-state index contributed by atoms with van der Waals surface area (Å²) in [6.45, 7) is 4.08. The highest BCUT2D eigenvalue weighted by molar-refractivity contribution is 5.68. The molecular formula is C16H18O2. The minimum absolute atomic E-state index is 0.287. The Morgan fingerprint density at radius 1 is 0.833 bits per heavy atom. The van der Waals surface area contributed by atoms with E-state index >= 15 is 0 Å². The first kappa shape index (κ1) is 12.5. The predicted octanol–water partition coefficient (Wildman–Crippen LogP) is 3.89. The Labute approximate surface area is 108 Å². The van der Waals surface area contributed by atoms with Crippen molar-refractivity contribution >= 4 is 0 Å².